The standard InChI is InChI=1S/C14H16ClN3O3/c1-3-11-13(20)17-12(19)7-18(11)14(21)9-6-8(15)4-5-10(9)16-2/h4-6,11,16H,3,7H2,1-2H3,(H,17,19,20). The third-order valence-electron chi connectivity index (χ3n) is 3.38. The molecule has 2 rings (SSSR count). The average Bonchev–Trinajstić information content (AvgIpc) is 2.45. The largest absolute Gasteiger partial charge is 0.387 e. The summed E-state index contributed by atoms with van der Waals surface area (Å²) in [5.41, 5.74) is 0.934. The van der Waals surface area contributed by atoms with Crippen molar-refractivity contribution in [2.24, 2.45) is 0 Å². The highest BCUT2D eigenvalue weighted by atomic mass is 35.5. The minimum Gasteiger partial charge on any atom is -0.387 e. The Kier molecular flexibility index (Phi) is 4.47. The lowest BCUT2D eigenvalue weighted by Crippen LogP contribution is -2.59. The van der Waals surface area contributed by atoms with E-state index in [-0.39, 0.29) is 6.54 Å². The molecule has 7 heteroatoms. The maximum absolute atomic E-state index is 12.7. The number of halogens is 1. The number of rotatable bonds is 3. The van der Waals surface area contributed by atoms with Crippen LogP contribution in [0.25, 0.3) is 0 Å². The maximum Gasteiger partial charge on any atom is 0.257 e. The van der Waals surface area contributed by atoms with Crippen LogP contribution in [0.1, 0.15) is 23.7 Å². The van der Waals surface area contributed by atoms with Crippen molar-refractivity contribution in [3.63, 3.8) is 0 Å². The summed E-state index contributed by atoms with van der Waals surface area (Å²) in [6, 6.07) is 4.22. The lowest BCUT2D eigenvalue weighted by Gasteiger charge is -2.33. The van der Waals surface area contributed by atoms with Crippen LogP contribution in [0.5, 0.6) is 0 Å². The summed E-state index contributed by atoms with van der Waals surface area (Å²) in [7, 11) is 1.69. The van der Waals surface area contributed by atoms with Crippen LogP contribution in [0.3, 0.4) is 0 Å². The number of hydrogen-bond donors (Lipinski definition) is 2. The smallest absolute Gasteiger partial charge is 0.257 e. The molecule has 0 spiro atoms. The molecule has 2 N–H and O–H groups in total. The van der Waals surface area contributed by atoms with Gasteiger partial charge in [-0.1, -0.05) is 18.5 Å². The minimum atomic E-state index is -0.654. The molecule has 0 bridgehead atoms. The quantitative estimate of drug-likeness (QED) is 0.824. The van der Waals surface area contributed by atoms with Gasteiger partial charge in [-0.25, -0.2) is 0 Å². The van der Waals surface area contributed by atoms with Crippen LogP contribution in [-0.4, -0.2) is 42.3 Å². The fourth-order valence-electron chi connectivity index (χ4n) is 2.35. The Bertz CT molecular complexity index is 603. The van der Waals surface area contributed by atoms with Crippen LogP contribution in [0.4, 0.5) is 5.69 Å². The second-order valence-corrected chi connectivity index (χ2v) is 5.15. The molecular weight excluding hydrogens is 294 g/mol. The molecule has 0 saturated carbocycles. The number of imide groups is 1. The normalized spacial score (nSPS) is 18.4. The van der Waals surface area contributed by atoms with Crippen LogP contribution >= 0.6 is 11.6 Å². The van der Waals surface area contributed by atoms with Gasteiger partial charge in [0.1, 0.15) is 12.6 Å². The Hall–Kier alpha value is -2.08. The molecular formula is C14H16ClN3O3. The molecule has 3 amide bonds. The first-order valence-electron chi connectivity index (χ1n) is 6.60. The molecule has 1 unspecified atom stereocenters. The molecule has 1 aromatic carbocycles. The molecule has 21 heavy (non-hydrogen) atoms. The van der Waals surface area contributed by atoms with Gasteiger partial charge in [0.2, 0.25) is 11.8 Å². The van der Waals surface area contributed by atoms with Crippen LogP contribution in [-0.2, 0) is 9.59 Å². The summed E-state index contributed by atoms with van der Waals surface area (Å²) in [6.07, 6.45) is 0.431. The summed E-state index contributed by atoms with van der Waals surface area (Å²) < 4.78 is 0. The highest BCUT2D eigenvalue weighted by Gasteiger charge is 2.36. The molecule has 1 saturated heterocycles. The average molecular weight is 310 g/mol. The zero-order valence-corrected chi connectivity index (χ0v) is 12.5. The third kappa shape index (κ3) is 3.00. The van der Waals surface area contributed by atoms with Gasteiger partial charge in [0, 0.05) is 17.8 Å². The summed E-state index contributed by atoms with van der Waals surface area (Å²) in [5.74, 6) is -1.32. The molecule has 0 radical (unpaired) electrons. The summed E-state index contributed by atoms with van der Waals surface area (Å²) in [4.78, 5) is 37.3. The van der Waals surface area contributed by atoms with E-state index < -0.39 is 23.8 Å². The second kappa shape index (κ2) is 6.13. The molecule has 1 fully saturated rings. The first-order chi connectivity index (χ1) is 9.97. The summed E-state index contributed by atoms with van der Waals surface area (Å²) >= 11 is 5.94. The molecule has 112 valence electrons. The van der Waals surface area contributed by atoms with Crippen molar-refractivity contribution in [1.82, 2.24) is 10.2 Å². The fraction of sp³-hybridized carbons (Fsp3) is 0.357. The summed E-state index contributed by atoms with van der Waals surface area (Å²) in [6.45, 7) is 1.65. The number of piperazine rings is 1. The molecule has 1 aliphatic heterocycles. The van der Waals surface area contributed by atoms with E-state index in [2.05, 4.69) is 10.6 Å². The van der Waals surface area contributed by atoms with E-state index in [4.69, 9.17) is 11.6 Å². The highest BCUT2D eigenvalue weighted by Crippen LogP contribution is 2.24. The Labute approximate surface area is 127 Å². The molecule has 1 aliphatic rings. The van der Waals surface area contributed by atoms with E-state index >= 15 is 0 Å². The number of benzene rings is 1. The number of carbonyl (C=O) groups excluding carboxylic acids is 3. The third-order valence-corrected chi connectivity index (χ3v) is 3.62. The molecule has 0 aromatic heterocycles. The number of hydrogen-bond acceptors (Lipinski definition) is 4. The lowest BCUT2D eigenvalue weighted by molar-refractivity contribution is -0.138. The zero-order valence-electron chi connectivity index (χ0n) is 11.8. The van der Waals surface area contributed by atoms with E-state index in [0.717, 1.165) is 0 Å². The van der Waals surface area contributed by atoms with Crippen molar-refractivity contribution in [3.8, 4) is 0 Å². The minimum absolute atomic E-state index is 0.140. The number of carbonyl (C=O) groups is 3. The predicted octanol–water partition coefficient (Wildman–Crippen LogP) is 1.26. The van der Waals surface area contributed by atoms with Crippen LogP contribution in [0.15, 0.2) is 18.2 Å². The molecule has 1 heterocycles. The van der Waals surface area contributed by atoms with Crippen molar-refractivity contribution in [1.29, 1.82) is 0 Å². The second-order valence-electron chi connectivity index (χ2n) is 4.71. The Morgan fingerprint density at radius 3 is 2.81 bits per heavy atom. The Morgan fingerprint density at radius 2 is 2.19 bits per heavy atom. The van der Waals surface area contributed by atoms with E-state index in [9.17, 15) is 14.4 Å². The number of anilines is 1. The van der Waals surface area contributed by atoms with Gasteiger partial charge in [-0.15, -0.1) is 0 Å². The van der Waals surface area contributed by atoms with Crippen molar-refractivity contribution in [3.05, 3.63) is 28.8 Å². The van der Waals surface area contributed by atoms with Gasteiger partial charge in [0.25, 0.3) is 5.91 Å². The van der Waals surface area contributed by atoms with Crippen molar-refractivity contribution in [2.45, 2.75) is 19.4 Å². The SMILES string of the molecule is CCC1C(=O)NC(=O)CN1C(=O)c1cc(Cl)ccc1NC. The van der Waals surface area contributed by atoms with Gasteiger partial charge in [-0.05, 0) is 24.6 Å². The van der Waals surface area contributed by atoms with Gasteiger partial charge in [0.05, 0.1) is 5.56 Å². The fourth-order valence-corrected chi connectivity index (χ4v) is 2.52. The van der Waals surface area contributed by atoms with Crippen molar-refractivity contribution in [2.75, 3.05) is 18.9 Å². The van der Waals surface area contributed by atoms with Gasteiger partial charge in [-0.3, -0.25) is 19.7 Å². The van der Waals surface area contributed by atoms with Crippen LogP contribution in [0, 0.1) is 0 Å². The first kappa shape index (κ1) is 15.3. The van der Waals surface area contributed by atoms with Gasteiger partial charge < -0.3 is 10.2 Å². The lowest BCUT2D eigenvalue weighted by atomic mass is 10.1. The number of nitrogens with one attached hydrogen (secondary N) is 2. The molecule has 1 aromatic rings. The Morgan fingerprint density at radius 1 is 1.48 bits per heavy atom. The van der Waals surface area contributed by atoms with Crippen molar-refractivity contribution < 1.29 is 14.4 Å². The van der Waals surface area contributed by atoms with Gasteiger partial charge in [0.15, 0.2) is 0 Å². The van der Waals surface area contributed by atoms with E-state index in [1.165, 1.54) is 11.0 Å². The molecule has 6 nitrogen and oxygen atoms in total. The topological polar surface area (TPSA) is 78.5 Å². The Balaban J connectivity index is 2.39. The number of amides is 3. The molecule has 0 aliphatic carbocycles. The van der Waals surface area contributed by atoms with Crippen LogP contribution < -0.4 is 10.6 Å². The summed E-state index contributed by atoms with van der Waals surface area (Å²) in [5, 5.41) is 5.56. The molecule has 1 atom stereocenters. The van der Waals surface area contributed by atoms with E-state index in [1.807, 2.05) is 0 Å². The van der Waals surface area contributed by atoms with Crippen LogP contribution in [0.2, 0.25) is 5.02 Å². The van der Waals surface area contributed by atoms with E-state index in [0.29, 0.717) is 22.7 Å². The van der Waals surface area contributed by atoms with Crippen molar-refractivity contribution >= 4 is 35.0 Å². The highest BCUT2D eigenvalue weighted by molar-refractivity contribution is 6.31. The maximum atomic E-state index is 12.7. The van der Waals surface area contributed by atoms with Gasteiger partial charge in [-0.2, -0.15) is 0 Å². The predicted molar refractivity (Wildman–Crippen MR) is 79.3 cm³/mol. The first-order valence-corrected chi connectivity index (χ1v) is 6.97. The number of nitrogens with zero attached hydrogens (tertiary/aromatic N) is 1. The van der Waals surface area contributed by atoms with Gasteiger partial charge >= 0.3 is 0 Å². The zero-order chi connectivity index (χ0) is 15.6. The van der Waals surface area contributed by atoms with E-state index in [1.54, 1.807) is 26.1 Å². The monoisotopic (exact) mass is 309 g/mol.